The molecule has 1 heterocycles. The standard InChI is InChI=1S/C19H18N2O3/c1-12(22)13-6-4-5-7-15(13)21-16-8-9-20-17-11-19(24-3)18(23-2)10-14(16)17/h4-11H,1-3H3,(H,20,21). The minimum Gasteiger partial charge on any atom is -0.493 e. The van der Waals surface area contributed by atoms with Crippen LogP contribution in [0.4, 0.5) is 11.4 Å². The number of fused-ring (bicyclic) bond motifs is 1. The number of carbonyl (C=O) groups excluding carboxylic acids is 1. The summed E-state index contributed by atoms with van der Waals surface area (Å²) in [6.45, 7) is 1.55. The molecule has 0 spiro atoms. The summed E-state index contributed by atoms with van der Waals surface area (Å²) in [6.07, 6.45) is 1.72. The molecular formula is C19H18N2O3. The zero-order valence-electron chi connectivity index (χ0n) is 13.8. The molecule has 1 N–H and O–H groups in total. The van der Waals surface area contributed by atoms with Crippen LogP contribution >= 0.6 is 0 Å². The van der Waals surface area contributed by atoms with Crippen molar-refractivity contribution in [1.29, 1.82) is 0 Å². The Bertz CT molecular complexity index is 906. The number of hydrogen-bond acceptors (Lipinski definition) is 5. The van der Waals surface area contributed by atoms with Crippen LogP contribution in [-0.4, -0.2) is 25.0 Å². The Morgan fingerprint density at radius 2 is 1.71 bits per heavy atom. The number of rotatable bonds is 5. The second-order valence-electron chi connectivity index (χ2n) is 5.31. The van der Waals surface area contributed by atoms with Crippen molar-refractivity contribution in [1.82, 2.24) is 4.98 Å². The highest BCUT2D eigenvalue weighted by molar-refractivity contribution is 6.02. The number of nitrogens with one attached hydrogen (secondary N) is 1. The highest BCUT2D eigenvalue weighted by Crippen LogP contribution is 2.35. The van der Waals surface area contributed by atoms with Crippen molar-refractivity contribution in [3.63, 3.8) is 0 Å². The van der Waals surface area contributed by atoms with Gasteiger partial charge in [-0.15, -0.1) is 0 Å². The van der Waals surface area contributed by atoms with E-state index < -0.39 is 0 Å². The predicted octanol–water partition coefficient (Wildman–Crippen LogP) is 4.20. The fourth-order valence-electron chi connectivity index (χ4n) is 2.63. The topological polar surface area (TPSA) is 60.5 Å². The van der Waals surface area contributed by atoms with E-state index in [0.717, 1.165) is 22.3 Å². The molecule has 0 aliphatic carbocycles. The Kier molecular flexibility index (Phi) is 4.33. The number of ether oxygens (including phenoxy) is 2. The highest BCUT2D eigenvalue weighted by atomic mass is 16.5. The van der Waals surface area contributed by atoms with Gasteiger partial charge in [-0.3, -0.25) is 9.78 Å². The molecule has 0 aliphatic rings. The third-order valence-electron chi connectivity index (χ3n) is 3.82. The van der Waals surface area contributed by atoms with Gasteiger partial charge in [0.05, 0.1) is 19.7 Å². The van der Waals surface area contributed by atoms with Crippen molar-refractivity contribution in [2.45, 2.75) is 6.92 Å². The lowest BCUT2D eigenvalue weighted by molar-refractivity contribution is 0.101. The van der Waals surface area contributed by atoms with Gasteiger partial charge in [0.2, 0.25) is 0 Å². The number of aromatic nitrogens is 1. The Hall–Kier alpha value is -3.08. The van der Waals surface area contributed by atoms with E-state index in [2.05, 4.69) is 10.3 Å². The monoisotopic (exact) mass is 322 g/mol. The molecule has 1 aromatic heterocycles. The Morgan fingerprint density at radius 3 is 2.42 bits per heavy atom. The van der Waals surface area contributed by atoms with Gasteiger partial charge in [0, 0.05) is 34.6 Å². The van der Waals surface area contributed by atoms with Crippen LogP contribution in [0.2, 0.25) is 0 Å². The molecule has 3 aromatic rings. The van der Waals surface area contributed by atoms with E-state index in [9.17, 15) is 4.79 Å². The molecule has 5 nitrogen and oxygen atoms in total. The van der Waals surface area contributed by atoms with E-state index >= 15 is 0 Å². The molecule has 3 rings (SSSR count). The summed E-state index contributed by atoms with van der Waals surface area (Å²) < 4.78 is 10.7. The van der Waals surface area contributed by atoms with Gasteiger partial charge < -0.3 is 14.8 Å². The highest BCUT2D eigenvalue weighted by Gasteiger charge is 2.12. The molecule has 0 radical (unpaired) electrons. The van der Waals surface area contributed by atoms with Crippen LogP contribution in [0.25, 0.3) is 10.9 Å². The van der Waals surface area contributed by atoms with Crippen molar-refractivity contribution >= 4 is 28.1 Å². The third-order valence-corrected chi connectivity index (χ3v) is 3.82. The average molecular weight is 322 g/mol. The average Bonchev–Trinajstić information content (AvgIpc) is 2.61. The van der Waals surface area contributed by atoms with E-state index in [1.165, 1.54) is 0 Å². The smallest absolute Gasteiger partial charge is 0.162 e. The summed E-state index contributed by atoms with van der Waals surface area (Å²) >= 11 is 0. The minimum atomic E-state index is 0.00992. The Morgan fingerprint density at radius 1 is 1.00 bits per heavy atom. The number of methoxy groups -OCH3 is 2. The van der Waals surface area contributed by atoms with Crippen molar-refractivity contribution < 1.29 is 14.3 Å². The lowest BCUT2D eigenvalue weighted by Gasteiger charge is -2.14. The lowest BCUT2D eigenvalue weighted by atomic mass is 10.1. The first kappa shape index (κ1) is 15.8. The molecule has 2 aromatic carbocycles. The first-order chi connectivity index (χ1) is 11.6. The van der Waals surface area contributed by atoms with E-state index in [0.29, 0.717) is 17.1 Å². The Balaban J connectivity index is 2.12. The minimum absolute atomic E-state index is 0.00992. The number of nitrogens with zero attached hydrogens (tertiary/aromatic N) is 1. The van der Waals surface area contributed by atoms with Crippen molar-refractivity contribution in [3.05, 3.63) is 54.2 Å². The maximum atomic E-state index is 11.8. The van der Waals surface area contributed by atoms with E-state index in [1.807, 2.05) is 36.4 Å². The van der Waals surface area contributed by atoms with E-state index in [-0.39, 0.29) is 5.78 Å². The maximum Gasteiger partial charge on any atom is 0.162 e. The molecular weight excluding hydrogens is 304 g/mol. The molecule has 24 heavy (non-hydrogen) atoms. The number of carbonyl (C=O) groups is 1. The van der Waals surface area contributed by atoms with Gasteiger partial charge in [-0.2, -0.15) is 0 Å². The van der Waals surface area contributed by atoms with Crippen LogP contribution in [0.3, 0.4) is 0 Å². The first-order valence-electron chi connectivity index (χ1n) is 7.51. The van der Waals surface area contributed by atoms with Crippen LogP contribution < -0.4 is 14.8 Å². The summed E-state index contributed by atoms with van der Waals surface area (Å²) in [5.41, 5.74) is 3.02. The van der Waals surface area contributed by atoms with Crippen LogP contribution in [0.15, 0.2) is 48.7 Å². The van der Waals surface area contributed by atoms with Crippen LogP contribution in [-0.2, 0) is 0 Å². The van der Waals surface area contributed by atoms with Crippen LogP contribution in [0, 0.1) is 0 Å². The quantitative estimate of drug-likeness (QED) is 0.713. The summed E-state index contributed by atoms with van der Waals surface area (Å²) in [4.78, 5) is 16.2. The summed E-state index contributed by atoms with van der Waals surface area (Å²) in [6, 6.07) is 13.0. The van der Waals surface area contributed by atoms with Gasteiger partial charge in [-0.05, 0) is 31.2 Å². The van der Waals surface area contributed by atoms with Gasteiger partial charge in [-0.1, -0.05) is 12.1 Å². The summed E-state index contributed by atoms with van der Waals surface area (Å²) in [5, 5.41) is 4.21. The second-order valence-corrected chi connectivity index (χ2v) is 5.31. The van der Waals surface area contributed by atoms with E-state index in [1.54, 1.807) is 33.4 Å². The van der Waals surface area contributed by atoms with Gasteiger partial charge >= 0.3 is 0 Å². The fraction of sp³-hybridized carbons (Fsp3) is 0.158. The van der Waals surface area contributed by atoms with Crippen molar-refractivity contribution in [2.75, 3.05) is 19.5 Å². The zero-order valence-corrected chi connectivity index (χ0v) is 13.8. The summed E-state index contributed by atoms with van der Waals surface area (Å²) in [7, 11) is 3.19. The molecule has 122 valence electrons. The fourth-order valence-corrected chi connectivity index (χ4v) is 2.63. The summed E-state index contributed by atoms with van der Waals surface area (Å²) in [5.74, 6) is 1.26. The van der Waals surface area contributed by atoms with Gasteiger partial charge in [-0.25, -0.2) is 0 Å². The lowest BCUT2D eigenvalue weighted by Crippen LogP contribution is -2.01. The normalized spacial score (nSPS) is 10.5. The first-order valence-corrected chi connectivity index (χ1v) is 7.51. The molecule has 0 atom stereocenters. The molecule has 0 saturated heterocycles. The van der Waals surface area contributed by atoms with Gasteiger partial charge in [0.15, 0.2) is 17.3 Å². The van der Waals surface area contributed by atoms with Crippen LogP contribution in [0.1, 0.15) is 17.3 Å². The molecule has 0 amide bonds. The zero-order chi connectivity index (χ0) is 17.1. The molecule has 0 bridgehead atoms. The number of pyridine rings is 1. The second kappa shape index (κ2) is 6.58. The predicted molar refractivity (Wildman–Crippen MR) is 94.6 cm³/mol. The molecule has 0 unspecified atom stereocenters. The van der Waals surface area contributed by atoms with Crippen molar-refractivity contribution in [2.24, 2.45) is 0 Å². The molecule has 5 heteroatoms. The van der Waals surface area contributed by atoms with E-state index in [4.69, 9.17) is 9.47 Å². The van der Waals surface area contributed by atoms with Crippen LogP contribution in [0.5, 0.6) is 11.5 Å². The number of anilines is 2. The molecule has 0 saturated carbocycles. The largest absolute Gasteiger partial charge is 0.493 e. The van der Waals surface area contributed by atoms with Gasteiger partial charge in [0.1, 0.15) is 0 Å². The Labute approximate surface area is 140 Å². The number of hydrogen-bond donors (Lipinski definition) is 1. The van der Waals surface area contributed by atoms with Gasteiger partial charge in [0.25, 0.3) is 0 Å². The third kappa shape index (κ3) is 2.88. The molecule has 0 fully saturated rings. The SMILES string of the molecule is COc1cc2nccc(Nc3ccccc3C(C)=O)c2cc1OC. The maximum absolute atomic E-state index is 11.8. The number of para-hydroxylation sites is 1. The van der Waals surface area contributed by atoms with Crippen molar-refractivity contribution in [3.8, 4) is 11.5 Å². The number of Topliss-reactive ketones (excluding diaryl/α,β-unsaturated/α-hetero) is 1. The molecule has 0 aliphatic heterocycles. The number of ketones is 1. The number of benzene rings is 2.